The molecule has 1 aromatic carbocycles. The number of fused-ring (bicyclic) bond motifs is 1. The Labute approximate surface area is 98.8 Å². The molecule has 0 aliphatic heterocycles. The number of aliphatic hydroxyl groups excluding tert-OH is 1. The SMILES string of the molecule is OC(c1ccccn1)c1cccc2[nH]ccc12. The van der Waals surface area contributed by atoms with Gasteiger partial charge in [0.1, 0.15) is 6.10 Å². The average molecular weight is 224 g/mol. The normalized spacial score (nSPS) is 12.8. The van der Waals surface area contributed by atoms with Crippen molar-refractivity contribution in [1.82, 2.24) is 9.97 Å². The van der Waals surface area contributed by atoms with Gasteiger partial charge in [0.15, 0.2) is 0 Å². The lowest BCUT2D eigenvalue weighted by Gasteiger charge is -2.11. The molecule has 3 nitrogen and oxygen atoms in total. The van der Waals surface area contributed by atoms with E-state index in [1.165, 1.54) is 0 Å². The van der Waals surface area contributed by atoms with Crippen LogP contribution in [0.15, 0.2) is 54.9 Å². The largest absolute Gasteiger partial charge is 0.382 e. The predicted molar refractivity (Wildman–Crippen MR) is 66.6 cm³/mol. The number of hydrogen-bond donors (Lipinski definition) is 2. The van der Waals surface area contributed by atoms with Crippen LogP contribution in [0.1, 0.15) is 17.4 Å². The molecular formula is C14H12N2O. The molecule has 0 fully saturated rings. The lowest BCUT2D eigenvalue weighted by molar-refractivity contribution is 0.217. The maximum Gasteiger partial charge on any atom is 0.122 e. The lowest BCUT2D eigenvalue weighted by atomic mass is 10.0. The van der Waals surface area contributed by atoms with Gasteiger partial charge >= 0.3 is 0 Å². The molecule has 84 valence electrons. The third kappa shape index (κ3) is 1.70. The van der Waals surface area contributed by atoms with Crippen LogP contribution in [-0.4, -0.2) is 15.1 Å². The molecule has 0 aliphatic carbocycles. The Kier molecular flexibility index (Phi) is 2.38. The number of benzene rings is 1. The molecule has 0 saturated heterocycles. The summed E-state index contributed by atoms with van der Waals surface area (Å²) in [5, 5.41) is 11.4. The number of hydrogen-bond acceptors (Lipinski definition) is 2. The molecule has 0 aliphatic rings. The first-order valence-electron chi connectivity index (χ1n) is 5.51. The van der Waals surface area contributed by atoms with E-state index in [-0.39, 0.29) is 0 Å². The van der Waals surface area contributed by atoms with Crippen LogP contribution in [0.5, 0.6) is 0 Å². The van der Waals surface area contributed by atoms with Crippen LogP contribution >= 0.6 is 0 Å². The zero-order valence-electron chi connectivity index (χ0n) is 9.17. The monoisotopic (exact) mass is 224 g/mol. The molecule has 0 radical (unpaired) electrons. The Bertz CT molecular complexity index is 631. The molecule has 0 bridgehead atoms. The average Bonchev–Trinajstić information content (AvgIpc) is 2.87. The van der Waals surface area contributed by atoms with Crippen LogP contribution in [-0.2, 0) is 0 Å². The number of nitrogens with zero attached hydrogens (tertiary/aromatic N) is 1. The molecule has 3 rings (SSSR count). The summed E-state index contributed by atoms with van der Waals surface area (Å²) in [6, 6.07) is 13.4. The summed E-state index contributed by atoms with van der Waals surface area (Å²) in [6.45, 7) is 0. The summed E-state index contributed by atoms with van der Waals surface area (Å²) in [6.07, 6.45) is 2.88. The highest BCUT2D eigenvalue weighted by Crippen LogP contribution is 2.27. The van der Waals surface area contributed by atoms with Crippen molar-refractivity contribution >= 4 is 10.9 Å². The Balaban J connectivity index is 2.13. The van der Waals surface area contributed by atoms with Crippen LogP contribution in [0, 0.1) is 0 Å². The highest BCUT2D eigenvalue weighted by molar-refractivity contribution is 5.83. The first-order chi connectivity index (χ1) is 8.36. The zero-order valence-corrected chi connectivity index (χ0v) is 9.17. The van der Waals surface area contributed by atoms with Crippen molar-refractivity contribution < 1.29 is 5.11 Å². The minimum atomic E-state index is -0.685. The minimum absolute atomic E-state index is 0.668. The lowest BCUT2D eigenvalue weighted by Crippen LogP contribution is -2.02. The summed E-state index contributed by atoms with van der Waals surface area (Å²) < 4.78 is 0. The molecule has 2 aromatic heterocycles. The molecule has 0 saturated carbocycles. The van der Waals surface area contributed by atoms with E-state index in [9.17, 15) is 5.11 Å². The van der Waals surface area contributed by atoms with Gasteiger partial charge in [-0.1, -0.05) is 18.2 Å². The number of H-pyrrole nitrogens is 1. The zero-order chi connectivity index (χ0) is 11.7. The third-order valence-electron chi connectivity index (χ3n) is 2.89. The first kappa shape index (κ1) is 10.1. The van der Waals surface area contributed by atoms with Crippen molar-refractivity contribution in [3.05, 3.63) is 66.1 Å². The maximum atomic E-state index is 10.3. The van der Waals surface area contributed by atoms with Gasteiger partial charge in [-0.05, 0) is 29.8 Å². The van der Waals surface area contributed by atoms with Gasteiger partial charge < -0.3 is 10.1 Å². The third-order valence-corrected chi connectivity index (χ3v) is 2.89. The first-order valence-corrected chi connectivity index (χ1v) is 5.51. The van der Waals surface area contributed by atoms with E-state index < -0.39 is 6.10 Å². The van der Waals surface area contributed by atoms with Gasteiger partial charge in [0, 0.05) is 23.3 Å². The van der Waals surface area contributed by atoms with Gasteiger partial charge in [0.25, 0.3) is 0 Å². The summed E-state index contributed by atoms with van der Waals surface area (Å²) in [7, 11) is 0. The van der Waals surface area contributed by atoms with E-state index in [1.54, 1.807) is 6.20 Å². The maximum absolute atomic E-state index is 10.3. The molecule has 2 N–H and O–H groups in total. The second kappa shape index (κ2) is 4.03. The van der Waals surface area contributed by atoms with Gasteiger partial charge in [0.2, 0.25) is 0 Å². The molecule has 3 aromatic rings. The van der Waals surface area contributed by atoms with Crippen molar-refractivity contribution in [2.45, 2.75) is 6.10 Å². The standard InChI is InChI=1S/C14H12N2O/c17-14(13-5-1-2-8-15-13)11-4-3-6-12-10(11)7-9-16-12/h1-9,14,16-17H. The van der Waals surface area contributed by atoms with Crippen molar-refractivity contribution in [2.75, 3.05) is 0 Å². The van der Waals surface area contributed by atoms with E-state index in [4.69, 9.17) is 0 Å². The fourth-order valence-electron chi connectivity index (χ4n) is 2.05. The van der Waals surface area contributed by atoms with Crippen LogP contribution in [0.3, 0.4) is 0 Å². The van der Waals surface area contributed by atoms with Crippen molar-refractivity contribution in [1.29, 1.82) is 0 Å². The Hall–Kier alpha value is -2.13. The number of pyridine rings is 1. The van der Waals surface area contributed by atoms with Gasteiger partial charge in [-0.3, -0.25) is 4.98 Å². The van der Waals surface area contributed by atoms with E-state index in [0.717, 1.165) is 16.5 Å². The number of rotatable bonds is 2. The molecule has 1 unspecified atom stereocenters. The molecule has 0 amide bonds. The number of aromatic nitrogens is 2. The van der Waals surface area contributed by atoms with Crippen LogP contribution in [0.4, 0.5) is 0 Å². The molecule has 1 atom stereocenters. The van der Waals surface area contributed by atoms with Gasteiger partial charge in [-0.15, -0.1) is 0 Å². The van der Waals surface area contributed by atoms with E-state index in [1.807, 2.05) is 48.7 Å². The Morgan fingerprint density at radius 2 is 2.00 bits per heavy atom. The molecule has 0 spiro atoms. The number of aromatic amines is 1. The highest BCUT2D eigenvalue weighted by Gasteiger charge is 2.14. The summed E-state index contributed by atoms with van der Waals surface area (Å²) in [5.74, 6) is 0. The summed E-state index contributed by atoms with van der Waals surface area (Å²) >= 11 is 0. The van der Waals surface area contributed by atoms with Gasteiger partial charge in [-0.2, -0.15) is 0 Å². The molecule has 3 heteroatoms. The second-order valence-corrected chi connectivity index (χ2v) is 3.94. The van der Waals surface area contributed by atoms with E-state index in [0.29, 0.717) is 5.69 Å². The van der Waals surface area contributed by atoms with E-state index in [2.05, 4.69) is 9.97 Å². The van der Waals surface area contributed by atoms with Crippen molar-refractivity contribution in [3.8, 4) is 0 Å². The minimum Gasteiger partial charge on any atom is -0.382 e. The number of aliphatic hydroxyl groups is 1. The van der Waals surface area contributed by atoms with Crippen LogP contribution < -0.4 is 0 Å². The van der Waals surface area contributed by atoms with Crippen LogP contribution in [0.25, 0.3) is 10.9 Å². The fourth-order valence-corrected chi connectivity index (χ4v) is 2.05. The number of nitrogens with one attached hydrogen (secondary N) is 1. The topological polar surface area (TPSA) is 48.9 Å². The van der Waals surface area contributed by atoms with Crippen molar-refractivity contribution in [2.24, 2.45) is 0 Å². The second-order valence-electron chi connectivity index (χ2n) is 3.94. The quantitative estimate of drug-likeness (QED) is 0.703. The summed E-state index contributed by atoms with van der Waals surface area (Å²) in [5.41, 5.74) is 2.57. The van der Waals surface area contributed by atoms with Crippen LogP contribution in [0.2, 0.25) is 0 Å². The van der Waals surface area contributed by atoms with Gasteiger partial charge in [0.05, 0.1) is 5.69 Å². The van der Waals surface area contributed by atoms with Crippen molar-refractivity contribution in [3.63, 3.8) is 0 Å². The fraction of sp³-hybridized carbons (Fsp3) is 0.0714. The van der Waals surface area contributed by atoms with E-state index >= 15 is 0 Å². The molecule has 2 heterocycles. The predicted octanol–water partition coefficient (Wildman–Crippen LogP) is 2.64. The smallest absolute Gasteiger partial charge is 0.122 e. The Morgan fingerprint density at radius 1 is 1.06 bits per heavy atom. The molecular weight excluding hydrogens is 212 g/mol. The van der Waals surface area contributed by atoms with Gasteiger partial charge in [-0.25, -0.2) is 0 Å². The highest BCUT2D eigenvalue weighted by atomic mass is 16.3. The summed E-state index contributed by atoms with van der Waals surface area (Å²) in [4.78, 5) is 7.32. The molecule has 17 heavy (non-hydrogen) atoms. The Morgan fingerprint density at radius 3 is 2.82 bits per heavy atom.